The molecule has 3 rings (SSSR count). The summed E-state index contributed by atoms with van der Waals surface area (Å²) < 4.78 is 1.23. The highest BCUT2D eigenvalue weighted by molar-refractivity contribution is 14.1. The van der Waals surface area contributed by atoms with E-state index in [1.54, 1.807) is 14.2 Å². The largest absolute Gasteiger partial charge is 0.300 e. The fourth-order valence-electron chi connectivity index (χ4n) is 4.16. The number of hydrogen-bond donors (Lipinski definition) is 0. The van der Waals surface area contributed by atoms with Crippen molar-refractivity contribution in [3.63, 3.8) is 0 Å². The number of hydrogen-bond acceptors (Lipinski definition) is 3. The molecule has 120 valence electrons. The number of nitrogens with zero attached hydrogens (tertiary/aromatic N) is 2. The maximum atomic E-state index is 12.9. The Balaban J connectivity index is 1.95. The van der Waals surface area contributed by atoms with Crippen LogP contribution in [0, 0.1) is 9.49 Å². The minimum Gasteiger partial charge on any atom is -0.300 e. The monoisotopic (exact) mass is 414 g/mol. The molecule has 4 nitrogen and oxygen atoms in total. The first-order valence-electron chi connectivity index (χ1n) is 7.82. The van der Waals surface area contributed by atoms with Crippen LogP contribution in [0.2, 0.25) is 0 Å². The molecule has 0 aliphatic carbocycles. The Hall–Kier alpha value is -0.660. The molecule has 4 atom stereocenters. The minimum absolute atomic E-state index is 0.0197. The van der Waals surface area contributed by atoms with Crippen LogP contribution >= 0.6 is 22.6 Å². The Morgan fingerprint density at radius 2 is 2.00 bits per heavy atom. The number of carbonyl (C=O) groups is 1. The van der Waals surface area contributed by atoms with Crippen LogP contribution in [0.4, 0.5) is 0 Å². The average molecular weight is 414 g/mol. The van der Waals surface area contributed by atoms with Crippen LogP contribution in [-0.4, -0.2) is 49.2 Å². The predicted octanol–water partition coefficient (Wildman–Crippen LogP) is 2.88. The number of carbonyl (C=O) groups excluding carboxylic acids is 1. The molecule has 4 unspecified atom stereocenters. The van der Waals surface area contributed by atoms with Gasteiger partial charge < -0.3 is 0 Å². The van der Waals surface area contributed by atoms with Crippen LogP contribution in [0.15, 0.2) is 24.3 Å². The van der Waals surface area contributed by atoms with Crippen LogP contribution in [0.3, 0.4) is 0 Å². The summed E-state index contributed by atoms with van der Waals surface area (Å²) >= 11 is 2.32. The lowest BCUT2D eigenvalue weighted by Gasteiger charge is -2.43. The molecular formula is C17H23IN2O2. The van der Waals surface area contributed by atoms with Gasteiger partial charge in [0.1, 0.15) is 0 Å². The van der Waals surface area contributed by atoms with Crippen molar-refractivity contribution in [2.24, 2.45) is 5.92 Å². The van der Waals surface area contributed by atoms with Gasteiger partial charge in [0.25, 0.3) is 5.91 Å². The maximum Gasteiger partial charge on any atom is 0.251 e. The molecule has 2 aliphatic rings. The summed E-state index contributed by atoms with van der Waals surface area (Å²) in [4.78, 5) is 20.5. The lowest BCUT2D eigenvalue weighted by Crippen LogP contribution is -2.51. The molecule has 22 heavy (non-hydrogen) atoms. The van der Waals surface area contributed by atoms with E-state index < -0.39 is 0 Å². The van der Waals surface area contributed by atoms with Gasteiger partial charge in [-0.05, 0) is 72.5 Å². The van der Waals surface area contributed by atoms with Crippen LogP contribution in [0.5, 0.6) is 0 Å². The highest BCUT2D eigenvalue weighted by Gasteiger charge is 2.49. The Morgan fingerprint density at radius 1 is 1.32 bits per heavy atom. The third-order valence-electron chi connectivity index (χ3n) is 5.44. The van der Waals surface area contributed by atoms with E-state index in [-0.39, 0.29) is 17.7 Å². The lowest BCUT2D eigenvalue weighted by atomic mass is 9.75. The normalized spacial score (nSPS) is 31.3. The van der Waals surface area contributed by atoms with Gasteiger partial charge in [-0.15, -0.1) is 0 Å². The first kappa shape index (κ1) is 16.2. The van der Waals surface area contributed by atoms with Crippen molar-refractivity contribution in [3.8, 4) is 0 Å². The van der Waals surface area contributed by atoms with Gasteiger partial charge in [0.05, 0.1) is 13.0 Å². The fraction of sp³-hybridized carbons (Fsp3) is 0.588. The molecule has 2 heterocycles. The predicted molar refractivity (Wildman–Crippen MR) is 94.4 cm³/mol. The van der Waals surface area contributed by atoms with Crippen molar-refractivity contribution >= 4 is 28.5 Å². The molecule has 1 amide bonds. The zero-order chi connectivity index (χ0) is 15.9. The molecule has 2 bridgehead atoms. The highest BCUT2D eigenvalue weighted by Crippen LogP contribution is 2.46. The molecular weight excluding hydrogens is 391 g/mol. The smallest absolute Gasteiger partial charge is 0.251 e. The zero-order valence-corrected chi connectivity index (χ0v) is 15.5. The third-order valence-corrected chi connectivity index (χ3v) is 6.16. The van der Waals surface area contributed by atoms with Gasteiger partial charge in [0, 0.05) is 22.7 Å². The van der Waals surface area contributed by atoms with Gasteiger partial charge in [0.2, 0.25) is 0 Å². The Kier molecular flexibility index (Phi) is 4.75. The molecule has 2 saturated heterocycles. The van der Waals surface area contributed by atoms with Crippen LogP contribution in [-0.2, 0) is 9.63 Å². The van der Waals surface area contributed by atoms with Crippen LogP contribution in [0.1, 0.15) is 30.7 Å². The number of rotatable bonds is 3. The number of amides is 1. The summed E-state index contributed by atoms with van der Waals surface area (Å²) in [5, 5.41) is 1.40. The Morgan fingerprint density at radius 3 is 2.64 bits per heavy atom. The summed E-state index contributed by atoms with van der Waals surface area (Å²) in [5.41, 5.74) is 1.29. The maximum absolute atomic E-state index is 12.9. The first-order chi connectivity index (χ1) is 10.5. The fourth-order valence-corrected chi connectivity index (χ4v) is 4.52. The first-order valence-corrected chi connectivity index (χ1v) is 8.90. The van der Waals surface area contributed by atoms with Crippen molar-refractivity contribution in [1.29, 1.82) is 0 Å². The highest BCUT2D eigenvalue weighted by atomic mass is 127. The van der Waals surface area contributed by atoms with E-state index in [0.717, 1.165) is 12.8 Å². The second kappa shape index (κ2) is 6.45. The summed E-state index contributed by atoms with van der Waals surface area (Å²) in [6.45, 7) is 0. The number of benzene rings is 1. The molecule has 2 aliphatic heterocycles. The van der Waals surface area contributed by atoms with Gasteiger partial charge in [-0.25, -0.2) is 5.06 Å². The molecule has 2 fully saturated rings. The summed E-state index contributed by atoms with van der Waals surface area (Å²) in [5.74, 6) is 0.368. The van der Waals surface area contributed by atoms with Gasteiger partial charge in [-0.1, -0.05) is 12.1 Å². The molecule has 0 radical (unpaired) electrons. The molecule has 0 saturated carbocycles. The van der Waals surface area contributed by atoms with Crippen LogP contribution in [0.25, 0.3) is 0 Å². The van der Waals surface area contributed by atoms with Gasteiger partial charge in [-0.2, -0.15) is 0 Å². The third kappa shape index (κ3) is 2.78. The van der Waals surface area contributed by atoms with E-state index >= 15 is 0 Å². The van der Waals surface area contributed by atoms with Gasteiger partial charge in [-0.3, -0.25) is 14.5 Å². The quantitative estimate of drug-likeness (QED) is 0.564. The van der Waals surface area contributed by atoms with Crippen molar-refractivity contribution in [2.45, 2.75) is 37.3 Å². The van der Waals surface area contributed by atoms with E-state index in [9.17, 15) is 4.79 Å². The molecule has 0 spiro atoms. The van der Waals surface area contributed by atoms with Crippen molar-refractivity contribution in [1.82, 2.24) is 9.96 Å². The molecule has 5 heteroatoms. The minimum atomic E-state index is -0.0197. The van der Waals surface area contributed by atoms with E-state index in [1.165, 1.54) is 20.6 Å². The van der Waals surface area contributed by atoms with Crippen molar-refractivity contribution < 1.29 is 9.63 Å². The number of halogens is 1. The van der Waals surface area contributed by atoms with Crippen LogP contribution < -0.4 is 0 Å². The van der Waals surface area contributed by atoms with Gasteiger partial charge >= 0.3 is 0 Å². The number of piperidine rings is 1. The molecule has 0 aromatic heterocycles. The van der Waals surface area contributed by atoms with Gasteiger partial charge in [0.15, 0.2) is 0 Å². The number of fused-ring (bicyclic) bond motifs is 2. The lowest BCUT2D eigenvalue weighted by molar-refractivity contribution is -0.177. The number of hydroxylamine groups is 2. The average Bonchev–Trinajstić information content (AvgIpc) is 2.76. The summed E-state index contributed by atoms with van der Waals surface area (Å²) in [6.07, 6.45) is 3.36. The van der Waals surface area contributed by atoms with Crippen molar-refractivity contribution in [3.05, 3.63) is 33.4 Å². The zero-order valence-electron chi connectivity index (χ0n) is 13.3. The van der Waals surface area contributed by atoms with E-state index in [2.05, 4.69) is 58.8 Å². The standard InChI is InChI=1S/C17H23IN2O2/c1-19-13-8-9-15(19)16(17(21)20(2)22-3)14(10-13)11-4-6-12(18)7-5-11/h4-7,13-16H,8-10H2,1-3H3. The SMILES string of the molecule is CON(C)C(=O)C1C(c2ccc(I)cc2)CC2CCC1N2C. The second-order valence-electron chi connectivity index (χ2n) is 6.40. The Bertz CT molecular complexity index is 548. The summed E-state index contributed by atoms with van der Waals surface area (Å²) in [6, 6.07) is 9.57. The molecule has 1 aromatic carbocycles. The van der Waals surface area contributed by atoms with E-state index in [0.29, 0.717) is 12.1 Å². The molecule has 1 aromatic rings. The molecule has 0 N–H and O–H groups in total. The van der Waals surface area contributed by atoms with E-state index in [4.69, 9.17) is 4.84 Å². The topological polar surface area (TPSA) is 32.8 Å². The van der Waals surface area contributed by atoms with E-state index in [1.807, 2.05) is 0 Å². The Labute approximate surface area is 145 Å². The van der Waals surface area contributed by atoms with Crippen molar-refractivity contribution in [2.75, 3.05) is 21.2 Å². The summed E-state index contributed by atoms with van der Waals surface area (Å²) in [7, 11) is 5.44. The second-order valence-corrected chi connectivity index (χ2v) is 7.65.